The van der Waals surface area contributed by atoms with Gasteiger partial charge in [-0.25, -0.2) is 0 Å². The fourth-order valence-electron chi connectivity index (χ4n) is 7.27. The Labute approximate surface area is 244 Å². The molecular formula is C32H59N3O5. The number of amides is 1. The number of nitrogens with zero attached hydrogens (tertiary/aromatic N) is 2. The van der Waals surface area contributed by atoms with E-state index in [2.05, 4.69) is 37.2 Å². The second kappa shape index (κ2) is 15.8. The number of carbonyl (C=O) groups is 1. The van der Waals surface area contributed by atoms with E-state index >= 15 is 0 Å². The Hall–Kier alpha value is -1.24. The molecule has 0 aromatic carbocycles. The highest BCUT2D eigenvalue weighted by Gasteiger charge is 2.46. The van der Waals surface area contributed by atoms with Crippen molar-refractivity contribution < 1.29 is 23.7 Å². The van der Waals surface area contributed by atoms with Crippen LogP contribution in [-0.4, -0.2) is 89.3 Å². The lowest BCUT2D eigenvalue weighted by atomic mass is 9.61. The molecule has 0 heterocycles. The number of hydrogen-bond acceptors (Lipinski definition) is 7. The zero-order valence-corrected chi connectivity index (χ0v) is 27.1. The lowest BCUT2D eigenvalue weighted by Gasteiger charge is -2.44. The van der Waals surface area contributed by atoms with Gasteiger partial charge in [0.25, 0.3) is 0 Å². The van der Waals surface area contributed by atoms with Crippen LogP contribution in [-0.2, 0) is 23.7 Å². The van der Waals surface area contributed by atoms with Gasteiger partial charge in [0.15, 0.2) is 0 Å². The first-order valence-electron chi connectivity index (χ1n) is 15.4. The van der Waals surface area contributed by atoms with Gasteiger partial charge < -0.3 is 29.2 Å². The Morgan fingerprint density at radius 2 is 1.50 bits per heavy atom. The molecule has 2 rings (SSSR count). The zero-order valence-electron chi connectivity index (χ0n) is 27.1. The summed E-state index contributed by atoms with van der Waals surface area (Å²) >= 11 is 0. The molecule has 8 heteroatoms. The molecule has 40 heavy (non-hydrogen) atoms. The van der Waals surface area contributed by atoms with E-state index in [1.165, 1.54) is 0 Å². The molecule has 0 spiro atoms. The van der Waals surface area contributed by atoms with Crippen molar-refractivity contribution in [2.24, 2.45) is 29.1 Å². The summed E-state index contributed by atoms with van der Waals surface area (Å²) in [4.78, 5) is 15.6. The fraction of sp³-hybridized carbons (Fsp3) is 0.938. The molecule has 0 aromatic heterocycles. The van der Waals surface area contributed by atoms with Crippen molar-refractivity contribution in [1.82, 2.24) is 10.2 Å². The van der Waals surface area contributed by atoms with Crippen molar-refractivity contribution in [2.45, 2.75) is 116 Å². The van der Waals surface area contributed by atoms with Crippen LogP contribution in [0.25, 0.3) is 0 Å². The largest absolute Gasteiger partial charge is 0.379 e. The normalized spacial score (nSPS) is 31.1. The van der Waals surface area contributed by atoms with Crippen LogP contribution >= 0.6 is 0 Å². The summed E-state index contributed by atoms with van der Waals surface area (Å²) in [6.07, 6.45) is 7.19. The molecule has 1 amide bonds. The summed E-state index contributed by atoms with van der Waals surface area (Å²) in [5.41, 5.74) is -0.633. The van der Waals surface area contributed by atoms with Crippen LogP contribution in [0.15, 0.2) is 0 Å². The first-order chi connectivity index (χ1) is 18.8. The molecule has 232 valence electrons. The number of nitriles is 1. The average molecular weight is 566 g/mol. The summed E-state index contributed by atoms with van der Waals surface area (Å²) < 4.78 is 22.9. The standard InChI is InChI=1S/C32H59N3O5/c1-22(2)32(21-33,24-12-13-26(37-7)28(19-24)39-9)15-11-16-35(6)17-14-23-18-27(38-8)29(40-10)20-25(23)30(36)34-31(3,4)5/h22-29H,11-20H2,1-10H3,(H,34,36). The van der Waals surface area contributed by atoms with Gasteiger partial charge in [-0.3, -0.25) is 4.79 Å². The first-order valence-corrected chi connectivity index (χ1v) is 15.4. The topological polar surface area (TPSA) is 93.0 Å². The molecule has 0 saturated heterocycles. The summed E-state index contributed by atoms with van der Waals surface area (Å²) in [6, 6.07) is 2.79. The highest BCUT2D eigenvalue weighted by atomic mass is 16.5. The van der Waals surface area contributed by atoms with Gasteiger partial charge in [0.05, 0.1) is 35.9 Å². The van der Waals surface area contributed by atoms with E-state index in [-0.39, 0.29) is 59.0 Å². The SMILES string of the molecule is COC1CCC(C(C#N)(CCCN(C)CCC2CC(OC)C(OC)CC2C(=O)NC(C)(C)C)C(C)C)CC1OC. The first kappa shape index (κ1) is 35.0. The van der Waals surface area contributed by atoms with Gasteiger partial charge in [-0.05, 0) is 110 Å². The molecule has 1 N–H and O–H groups in total. The average Bonchev–Trinajstić information content (AvgIpc) is 2.92. The molecule has 0 aliphatic heterocycles. The summed E-state index contributed by atoms with van der Waals surface area (Å²) in [6.45, 7) is 12.3. The van der Waals surface area contributed by atoms with Crippen LogP contribution in [0.2, 0.25) is 0 Å². The minimum atomic E-state index is -0.364. The van der Waals surface area contributed by atoms with Crippen LogP contribution in [0, 0.1) is 40.4 Å². The summed E-state index contributed by atoms with van der Waals surface area (Å²) in [5, 5.41) is 13.7. The maximum Gasteiger partial charge on any atom is 0.223 e. The van der Waals surface area contributed by atoms with E-state index in [4.69, 9.17) is 18.9 Å². The van der Waals surface area contributed by atoms with E-state index in [9.17, 15) is 10.1 Å². The number of hydrogen-bond donors (Lipinski definition) is 1. The molecule has 2 saturated carbocycles. The smallest absolute Gasteiger partial charge is 0.223 e. The number of methoxy groups -OCH3 is 4. The van der Waals surface area contributed by atoms with Gasteiger partial charge in [0.1, 0.15) is 0 Å². The maximum absolute atomic E-state index is 13.3. The van der Waals surface area contributed by atoms with Gasteiger partial charge in [0, 0.05) is 39.9 Å². The van der Waals surface area contributed by atoms with E-state index in [1.807, 2.05) is 20.8 Å². The molecular weight excluding hydrogens is 506 g/mol. The quantitative estimate of drug-likeness (QED) is 0.315. The van der Waals surface area contributed by atoms with E-state index in [0.717, 1.165) is 58.0 Å². The number of nitrogens with one attached hydrogen (secondary N) is 1. The molecule has 2 fully saturated rings. The summed E-state index contributed by atoms with van der Waals surface area (Å²) in [7, 11) is 9.12. The van der Waals surface area contributed by atoms with E-state index in [1.54, 1.807) is 28.4 Å². The van der Waals surface area contributed by atoms with Crippen molar-refractivity contribution in [3.8, 4) is 6.07 Å². The molecule has 0 bridgehead atoms. The number of rotatable bonds is 14. The monoisotopic (exact) mass is 565 g/mol. The Balaban J connectivity index is 2.00. The fourth-order valence-corrected chi connectivity index (χ4v) is 7.27. The predicted molar refractivity (Wildman–Crippen MR) is 159 cm³/mol. The van der Waals surface area contributed by atoms with Crippen molar-refractivity contribution in [3.63, 3.8) is 0 Å². The Morgan fingerprint density at radius 1 is 0.925 bits per heavy atom. The van der Waals surface area contributed by atoms with Crippen LogP contribution in [0.4, 0.5) is 0 Å². The third-order valence-electron chi connectivity index (χ3n) is 9.76. The molecule has 0 aromatic rings. The third kappa shape index (κ3) is 9.13. The van der Waals surface area contributed by atoms with Crippen LogP contribution < -0.4 is 5.32 Å². The minimum absolute atomic E-state index is 0.00500. The predicted octanol–water partition coefficient (Wildman–Crippen LogP) is 5.06. The molecule has 8 atom stereocenters. The Morgan fingerprint density at radius 3 is 2.02 bits per heavy atom. The third-order valence-corrected chi connectivity index (χ3v) is 9.76. The number of ether oxygens (including phenoxy) is 4. The van der Waals surface area contributed by atoms with Crippen LogP contribution in [0.1, 0.15) is 86.0 Å². The second-order valence-electron chi connectivity index (χ2n) is 13.7. The van der Waals surface area contributed by atoms with Crippen LogP contribution in [0.3, 0.4) is 0 Å². The Kier molecular flexibility index (Phi) is 13.8. The van der Waals surface area contributed by atoms with Gasteiger partial charge in [-0.2, -0.15) is 5.26 Å². The lowest BCUT2D eigenvalue weighted by Crippen LogP contribution is -2.51. The molecule has 8 nitrogen and oxygen atoms in total. The van der Waals surface area contributed by atoms with Gasteiger partial charge in [0.2, 0.25) is 5.91 Å². The van der Waals surface area contributed by atoms with Crippen molar-refractivity contribution in [3.05, 3.63) is 0 Å². The van der Waals surface area contributed by atoms with E-state index < -0.39 is 0 Å². The molecule has 8 unspecified atom stereocenters. The van der Waals surface area contributed by atoms with Crippen molar-refractivity contribution in [2.75, 3.05) is 48.6 Å². The van der Waals surface area contributed by atoms with Gasteiger partial charge >= 0.3 is 0 Å². The highest BCUT2D eigenvalue weighted by Crippen LogP contribution is 2.47. The number of carbonyl (C=O) groups excluding carboxylic acids is 1. The van der Waals surface area contributed by atoms with Crippen molar-refractivity contribution in [1.29, 1.82) is 5.26 Å². The van der Waals surface area contributed by atoms with Gasteiger partial charge in [-0.15, -0.1) is 0 Å². The molecule has 0 radical (unpaired) electrons. The molecule has 2 aliphatic carbocycles. The van der Waals surface area contributed by atoms with Crippen molar-refractivity contribution >= 4 is 5.91 Å². The second-order valence-corrected chi connectivity index (χ2v) is 13.7. The summed E-state index contributed by atoms with van der Waals surface area (Å²) in [5.74, 6) is 0.839. The van der Waals surface area contributed by atoms with E-state index in [0.29, 0.717) is 12.3 Å². The van der Waals surface area contributed by atoms with Crippen LogP contribution in [0.5, 0.6) is 0 Å². The lowest BCUT2D eigenvalue weighted by molar-refractivity contribution is -0.138. The highest BCUT2D eigenvalue weighted by molar-refractivity contribution is 5.79. The molecule has 2 aliphatic rings. The minimum Gasteiger partial charge on any atom is -0.379 e. The zero-order chi connectivity index (χ0) is 30.1. The Bertz CT molecular complexity index is 809. The maximum atomic E-state index is 13.3. The van der Waals surface area contributed by atoms with Gasteiger partial charge in [-0.1, -0.05) is 13.8 Å².